The number of rotatable bonds is 5. The zero-order valence-corrected chi connectivity index (χ0v) is 14.4. The molecule has 0 saturated heterocycles. The van der Waals surface area contributed by atoms with Gasteiger partial charge in [0.05, 0.1) is 5.69 Å². The van der Waals surface area contributed by atoms with E-state index in [-0.39, 0.29) is 11.5 Å². The van der Waals surface area contributed by atoms with Gasteiger partial charge in [-0.3, -0.25) is 0 Å². The second kappa shape index (κ2) is 7.61. The highest BCUT2D eigenvalue weighted by atomic mass is 35.5. The molecule has 4 nitrogen and oxygen atoms in total. The van der Waals surface area contributed by atoms with Crippen molar-refractivity contribution in [3.63, 3.8) is 0 Å². The molecule has 2 N–H and O–H groups in total. The largest absolute Gasteiger partial charge is 0.366 e. The van der Waals surface area contributed by atoms with E-state index in [4.69, 9.17) is 11.6 Å². The summed E-state index contributed by atoms with van der Waals surface area (Å²) < 4.78 is 40.2. The van der Waals surface area contributed by atoms with Gasteiger partial charge in [-0.2, -0.15) is 0 Å². The van der Waals surface area contributed by atoms with Crippen molar-refractivity contribution >= 4 is 28.9 Å². The third-order valence-electron chi connectivity index (χ3n) is 3.52. The molecular formula is C18H14ClF3N4. The van der Waals surface area contributed by atoms with E-state index in [2.05, 4.69) is 20.6 Å². The molecule has 8 heteroatoms. The second-order valence-corrected chi connectivity index (χ2v) is 5.95. The predicted octanol–water partition coefficient (Wildman–Crippen LogP) is 5.21. The van der Waals surface area contributed by atoms with Crippen LogP contribution in [0.5, 0.6) is 0 Å². The molecule has 0 radical (unpaired) electrons. The number of halogens is 4. The number of aryl methyl sites for hydroxylation is 1. The van der Waals surface area contributed by atoms with Crippen molar-refractivity contribution in [3.8, 4) is 0 Å². The lowest BCUT2D eigenvalue weighted by Gasteiger charge is -2.11. The van der Waals surface area contributed by atoms with Crippen molar-refractivity contribution in [2.75, 3.05) is 10.6 Å². The quantitative estimate of drug-likeness (QED) is 0.598. The molecule has 3 aromatic rings. The molecule has 0 atom stereocenters. The third-order valence-corrected chi connectivity index (χ3v) is 3.77. The number of anilines is 3. The lowest BCUT2D eigenvalue weighted by atomic mass is 10.2. The number of hydrogen-bond acceptors (Lipinski definition) is 4. The summed E-state index contributed by atoms with van der Waals surface area (Å²) in [5.41, 5.74) is 0.775. The Balaban J connectivity index is 1.77. The molecule has 0 unspecified atom stereocenters. The van der Waals surface area contributed by atoms with Crippen molar-refractivity contribution in [2.24, 2.45) is 0 Å². The molecule has 0 aliphatic heterocycles. The Morgan fingerprint density at radius 2 is 1.62 bits per heavy atom. The fourth-order valence-corrected chi connectivity index (χ4v) is 2.40. The Morgan fingerprint density at radius 3 is 2.35 bits per heavy atom. The lowest BCUT2D eigenvalue weighted by molar-refractivity contribution is 0.449. The molecule has 3 rings (SSSR count). The van der Waals surface area contributed by atoms with Crippen LogP contribution < -0.4 is 10.6 Å². The van der Waals surface area contributed by atoms with Crippen molar-refractivity contribution in [1.29, 1.82) is 0 Å². The Bertz CT molecular complexity index is 932. The summed E-state index contributed by atoms with van der Waals surface area (Å²) in [6.45, 7) is 2.16. The van der Waals surface area contributed by atoms with Crippen LogP contribution in [0.25, 0.3) is 0 Å². The van der Waals surface area contributed by atoms with E-state index < -0.39 is 17.5 Å². The van der Waals surface area contributed by atoms with E-state index in [0.717, 1.165) is 17.7 Å². The molecule has 134 valence electrons. The highest BCUT2D eigenvalue weighted by Gasteiger charge is 2.14. The van der Waals surface area contributed by atoms with Crippen molar-refractivity contribution in [2.45, 2.75) is 13.5 Å². The summed E-state index contributed by atoms with van der Waals surface area (Å²) in [5, 5.41) is 6.40. The Hall–Kier alpha value is -2.80. The molecule has 0 spiro atoms. The number of nitrogens with zero attached hydrogens (tertiary/aromatic N) is 2. The highest BCUT2D eigenvalue weighted by molar-refractivity contribution is 6.30. The molecular weight excluding hydrogens is 365 g/mol. The van der Waals surface area contributed by atoms with Gasteiger partial charge in [0.25, 0.3) is 0 Å². The van der Waals surface area contributed by atoms with Crippen molar-refractivity contribution in [3.05, 3.63) is 76.3 Å². The number of aromatic nitrogens is 2. The molecule has 0 amide bonds. The molecule has 0 fully saturated rings. The molecule has 0 saturated carbocycles. The zero-order chi connectivity index (χ0) is 18.7. The van der Waals surface area contributed by atoms with Gasteiger partial charge in [0.2, 0.25) is 0 Å². The standard InChI is InChI=1S/C18H14ClF3N4/c1-10-24-15(23-9-11-2-4-12(19)5-3-11)8-16(25-10)26-14-7-6-13(20)17(21)18(14)22/h2-8H,9H2,1H3,(H2,23,24,25,26). The van der Waals surface area contributed by atoms with Gasteiger partial charge in [0, 0.05) is 17.6 Å². The molecule has 1 heterocycles. The van der Waals surface area contributed by atoms with Crippen LogP contribution >= 0.6 is 11.6 Å². The summed E-state index contributed by atoms with van der Waals surface area (Å²) in [6.07, 6.45) is 0. The molecule has 0 bridgehead atoms. The van der Waals surface area contributed by atoms with Crippen LogP contribution in [0, 0.1) is 24.4 Å². The maximum atomic E-state index is 13.8. The predicted molar refractivity (Wildman–Crippen MR) is 95.1 cm³/mol. The van der Waals surface area contributed by atoms with Gasteiger partial charge in [-0.15, -0.1) is 0 Å². The van der Waals surface area contributed by atoms with Gasteiger partial charge in [-0.1, -0.05) is 23.7 Å². The molecule has 1 aromatic heterocycles. The van der Waals surface area contributed by atoms with Crippen LogP contribution in [0.1, 0.15) is 11.4 Å². The van der Waals surface area contributed by atoms with Gasteiger partial charge in [0.15, 0.2) is 17.5 Å². The number of benzene rings is 2. The average Bonchev–Trinajstić information content (AvgIpc) is 2.61. The van der Waals surface area contributed by atoms with Crippen LogP contribution in [0.15, 0.2) is 42.5 Å². The van der Waals surface area contributed by atoms with Crippen LogP contribution in [0.2, 0.25) is 5.02 Å². The first-order valence-electron chi connectivity index (χ1n) is 7.67. The van der Waals surface area contributed by atoms with Crippen LogP contribution in [0.3, 0.4) is 0 Å². The number of hydrogen-bond donors (Lipinski definition) is 2. The van der Waals surface area contributed by atoms with E-state index in [1.54, 1.807) is 25.1 Å². The van der Waals surface area contributed by atoms with Crippen molar-refractivity contribution < 1.29 is 13.2 Å². The first-order valence-corrected chi connectivity index (χ1v) is 8.04. The van der Waals surface area contributed by atoms with Gasteiger partial charge in [0.1, 0.15) is 17.5 Å². The minimum absolute atomic E-state index is 0.217. The minimum atomic E-state index is -1.54. The van der Waals surface area contributed by atoms with E-state index in [0.29, 0.717) is 23.2 Å². The summed E-state index contributed by atoms with van der Waals surface area (Å²) in [5.74, 6) is -2.92. The van der Waals surface area contributed by atoms with E-state index >= 15 is 0 Å². The first-order chi connectivity index (χ1) is 12.4. The van der Waals surface area contributed by atoms with Crippen LogP contribution in [0.4, 0.5) is 30.5 Å². The fraction of sp³-hybridized carbons (Fsp3) is 0.111. The van der Waals surface area contributed by atoms with E-state index in [9.17, 15) is 13.2 Å². The average molecular weight is 379 g/mol. The first kappa shape index (κ1) is 18.0. The maximum Gasteiger partial charge on any atom is 0.196 e. The normalized spacial score (nSPS) is 10.7. The fourth-order valence-electron chi connectivity index (χ4n) is 2.28. The van der Waals surface area contributed by atoms with Gasteiger partial charge in [-0.05, 0) is 36.8 Å². The summed E-state index contributed by atoms with van der Waals surface area (Å²) in [4.78, 5) is 8.37. The Labute approximate surface area is 153 Å². The molecule has 2 aromatic carbocycles. The second-order valence-electron chi connectivity index (χ2n) is 5.51. The summed E-state index contributed by atoms with van der Waals surface area (Å²) in [7, 11) is 0. The van der Waals surface area contributed by atoms with E-state index in [1.165, 1.54) is 0 Å². The maximum absolute atomic E-state index is 13.8. The smallest absolute Gasteiger partial charge is 0.196 e. The Kier molecular flexibility index (Phi) is 5.27. The monoisotopic (exact) mass is 378 g/mol. The van der Waals surface area contributed by atoms with E-state index in [1.807, 2.05) is 12.1 Å². The molecule has 0 aliphatic carbocycles. The topological polar surface area (TPSA) is 49.8 Å². The van der Waals surface area contributed by atoms with Crippen molar-refractivity contribution in [1.82, 2.24) is 9.97 Å². The third kappa shape index (κ3) is 4.23. The Morgan fingerprint density at radius 1 is 0.923 bits per heavy atom. The number of nitrogens with one attached hydrogen (secondary N) is 2. The van der Waals surface area contributed by atoms with Gasteiger partial charge < -0.3 is 10.6 Å². The summed E-state index contributed by atoms with van der Waals surface area (Å²) >= 11 is 5.85. The minimum Gasteiger partial charge on any atom is -0.366 e. The van der Waals surface area contributed by atoms with Gasteiger partial charge >= 0.3 is 0 Å². The zero-order valence-electron chi connectivity index (χ0n) is 13.7. The van der Waals surface area contributed by atoms with Crippen LogP contribution in [-0.2, 0) is 6.54 Å². The van der Waals surface area contributed by atoms with Gasteiger partial charge in [-0.25, -0.2) is 23.1 Å². The lowest BCUT2D eigenvalue weighted by Crippen LogP contribution is -2.06. The SMILES string of the molecule is Cc1nc(NCc2ccc(Cl)cc2)cc(Nc2ccc(F)c(F)c2F)n1. The van der Waals surface area contributed by atoms with Crippen LogP contribution in [-0.4, -0.2) is 9.97 Å². The molecule has 26 heavy (non-hydrogen) atoms. The molecule has 0 aliphatic rings. The summed E-state index contributed by atoms with van der Waals surface area (Å²) in [6, 6.07) is 10.8. The highest BCUT2D eigenvalue weighted by Crippen LogP contribution is 2.24.